The van der Waals surface area contributed by atoms with Crippen molar-refractivity contribution in [1.82, 2.24) is 0 Å². The zero-order chi connectivity index (χ0) is 17.1. The predicted molar refractivity (Wildman–Crippen MR) is 103 cm³/mol. The van der Waals surface area contributed by atoms with Crippen LogP contribution < -0.4 is 4.90 Å². The normalized spacial score (nSPS) is 16.1. The first-order valence-electron chi connectivity index (χ1n) is 9.55. The topological polar surface area (TPSA) is 16.4 Å². The number of anilines is 1. The van der Waals surface area contributed by atoms with Gasteiger partial charge in [-0.25, -0.2) is 0 Å². The Labute approximate surface area is 146 Å². The van der Waals surface area contributed by atoms with Crippen molar-refractivity contribution >= 4 is 5.69 Å². The van der Waals surface area contributed by atoms with Gasteiger partial charge in [-0.3, -0.25) is 0 Å². The molecule has 2 aromatic rings. The molecule has 0 radical (unpaired) electrons. The maximum Gasteiger partial charge on any atom is 0.136 e. The Kier molecular flexibility index (Phi) is 5.33. The summed E-state index contributed by atoms with van der Waals surface area (Å²) in [7, 11) is 0. The standard InChI is InChI=1S/C22H31NO/c1-16(2)23(17(3)4)20-15-21(18-11-7-5-8-12-18)24-22(20)19-13-9-6-10-14-19/h5,7-8,11-12,15-17,19H,6,9-10,13-14H2,1-4H3. The van der Waals surface area contributed by atoms with Gasteiger partial charge in [0.15, 0.2) is 0 Å². The van der Waals surface area contributed by atoms with Gasteiger partial charge < -0.3 is 9.32 Å². The molecule has 130 valence electrons. The first-order valence-corrected chi connectivity index (χ1v) is 9.55. The van der Waals surface area contributed by atoms with Crippen LogP contribution in [0.25, 0.3) is 11.3 Å². The third-order valence-corrected chi connectivity index (χ3v) is 5.17. The fourth-order valence-corrected chi connectivity index (χ4v) is 4.15. The van der Waals surface area contributed by atoms with E-state index in [9.17, 15) is 0 Å². The molecule has 0 bridgehead atoms. The smallest absolute Gasteiger partial charge is 0.136 e. The van der Waals surface area contributed by atoms with E-state index in [0.29, 0.717) is 18.0 Å². The Balaban J connectivity index is 2.05. The van der Waals surface area contributed by atoms with Gasteiger partial charge in [-0.1, -0.05) is 49.6 Å². The van der Waals surface area contributed by atoms with E-state index in [2.05, 4.69) is 69.0 Å². The molecule has 1 aliphatic carbocycles. The lowest BCUT2D eigenvalue weighted by Gasteiger charge is -2.34. The van der Waals surface area contributed by atoms with E-state index in [1.165, 1.54) is 49.1 Å². The average Bonchev–Trinajstić information content (AvgIpc) is 3.00. The zero-order valence-corrected chi connectivity index (χ0v) is 15.6. The summed E-state index contributed by atoms with van der Waals surface area (Å²) in [5, 5.41) is 0. The van der Waals surface area contributed by atoms with Gasteiger partial charge in [0, 0.05) is 29.6 Å². The van der Waals surface area contributed by atoms with Gasteiger partial charge in [0.2, 0.25) is 0 Å². The van der Waals surface area contributed by atoms with Crippen LogP contribution in [0.15, 0.2) is 40.8 Å². The van der Waals surface area contributed by atoms with Crippen LogP contribution in [0.5, 0.6) is 0 Å². The molecule has 1 aliphatic rings. The van der Waals surface area contributed by atoms with E-state index in [4.69, 9.17) is 4.42 Å². The van der Waals surface area contributed by atoms with E-state index >= 15 is 0 Å². The lowest BCUT2D eigenvalue weighted by molar-refractivity contribution is 0.377. The number of nitrogens with zero attached hydrogens (tertiary/aromatic N) is 1. The molecule has 2 heteroatoms. The van der Waals surface area contributed by atoms with Crippen LogP contribution in [0.4, 0.5) is 5.69 Å². The fourth-order valence-electron chi connectivity index (χ4n) is 4.15. The van der Waals surface area contributed by atoms with E-state index < -0.39 is 0 Å². The van der Waals surface area contributed by atoms with E-state index in [1.54, 1.807) is 0 Å². The molecule has 0 atom stereocenters. The second-order valence-corrected chi connectivity index (χ2v) is 7.66. The largest absolute Gasteiger partial charge is 0.459 e. The molecule has 0 unspecified atom stereocenters. The molecule has 3 rings (SSSR count). The molecular weight excluding hydrogens is 294 g/mol. The van der Waals surface area contributed by atoms with Crippen molar-refractivity contribution in [3.63, 3.8) is 0 Å². The summed E-state index contributed by atoms with van der Waals surface area (Å²) in [5.41, 5.74) is 2.49. The van der Waals surface area contributed by atoms with Gasteiger partial charge in [0.25, 0.3) is 0 Å². The molecule has 1 aromatic heterocycles. The summed E-state index contributed by atoms with van der Waals surface area (Å²) in [6.07, 6.45) is 6.55. The van der Waals surface area contributed by atoms with Gasteiger partial charge in [-0.15, -0.1) is 0 Å². The van der Waals surface area contributed by atoms with E-state index in [1.807, 2.05) is 0 Å². The van der Waals surface area contributed by atoms with E-state index in [0.717, 1.165) is 5.76 Å². The molecule has 1 heterocycles. The van der Waals surface area contributed by atoms with Crippen LogP contribution >= 0.6 is 0 Å². The molecule has 0 aliphatic heterocycles. The number of rotatable bonds is 5. The van der Waals surface area contributed by atoms with Crippen LogP contribution in [0.1, 0.15) is 71.5 Å². The quantitative estimate of drug-likeness (QED) is 0.614. The Hall–Kier alpha value is -1.70. The van der Waals surface area contributed by atoms with Crippen molar-refractivity contribution in [2.24, 2.45) is 0 Å². The maximum atomic E-state index is 6.48. The van der Waals surface area contributed by atoms with E-state index in [-0.39, 0.29) is 0 Å². The molecule has 1 fully saturated rings. The lowest BCUT2D eigenvalue weighted by Crippen LogP contribution is -2.37. The van der Waals surface area contributed by atoms with Gasteiger partial charge in [0.1, 0.15) is 11.5 Å². The summed E-state index contributed by atoms with van der Waals surface area (Å²) in [6.45, 7) is 9.11. The number of hydrogen-bond donors (Lipinski definition) is 0. The molecule has 24 heavy (non-hydrogen) atoms. The first kappa shape index (κ1) is 17.1. The predicted octanol–water partition coefficient (Wildman–Crippen LogP) is 6.62. The van der Waals surface area contributed by atoms with Gasteiger partial charge >= 0.3 is 0 Å². The molecule has 0 amide bonds. The molecule has 0 N–H and O–H groups in total. The van der Waals surface area contributed by atoms with Gasteiger partial charge in [0.05, 0.1) is 5.69 Å². The summed E-state index contributed by atoms with van der Waals surface area (Å²) in [5.74, 6) is 2.81. The highest BCUT2D eigenvalue weighted by atomic mass is 16.3. The Morgan fingerprint density at radius 3 is 2.12 bits per heavy atom. The Morgan fingerprint density at radius 1 is 0.917 bits per heavy atom. The minimum Gasteiger partial charge on any atom is -0.459 e. The van der Waals surface area contributed by atoms with Gasteiger partial charge in [-0.05, 0) is 40.5 Å². The zero-order valence-electron chi connectivity index (χ0n) is 15.6. The number of hydrogen-bond acceptors (Lipinski definition) is 2. The molecule has 0 saturated heterocycles. The summed E-state index contributed by atoms with van der Waals surface area (Å²) < 4.78 is 6.48. The van der Waals surface area contributed by atoms with Crippen LogP contribution in [0, 0.1) is 0 Å². The highest BCUT2D eigenvalue weighted by Gasteiger charge is 2.28. The first-order chi connectivity index (χ1) is 11.6. The van der Waals surface area contributed by atoms with Crippen molar-refractivity contribution in [2.75, 3.05) is 4.90 Å². The second-order valence-electron chi connectivity index (χ2n) is 7.66. The minimum atomic E-state index is 0.466. The molecule has 0 spiro atoms. The van der Waals surface area contributed by atoms with Crippen molar-refractivity contribution in [1.29, 1.82) is 0 Å². The monoisotopic (exact) mass is 325 g/mol. The molecule has 1 aromatic carbocycles. The third-order valence-electron chi connectivity index (χ3n) is 5.17. The highest BCUT2D eigenvalue weighted by molar-refractivity contribution is 5.67. The van der Waals surface area contributed by atoms with Crippen LogP contribution in [-0.4, -0.2) is 12.1 Å². The lowest BCUT2D eigenvalue weighted by atomic mass is 9.87. The van der Waals surface area contributed by atoms with Crippen LogP contribution in [0.3, 0.4) is 0 Å². The SMILES string of the molecule is CC(C)N(c1cc(-c2ccccc2)oc1C1CCCCC1)C(C)C. The number of benzene rings is 1. The molecule has 1 saturated carbocycles. The second kappa shape index (κ2) is 7.46. The Bertz CT molecular complexity index is 627. The molecular formula is C22H31NO. The average molecular weight is 325 g/mol. The van der Waals surface area contributed by atoms with Crippen LogP contribution in [0.2, 0.25) is 0 Å². The number of furan rings is 1. The Morgan fingerprint density at radius 2 is 1.54 bits per heavy atom. The summed E-state index contributed by atoms with van der Waals surface area (Å²) in [6, 6.07) is 13.7. The van der Waals surface area contributed by atoms with Gasteiger partial charge in [-0.2, -0.15) is 0 Å². The van der Waals surface area contributed by atoms with Crippen molar-refractivity contribution < 1.29 is 4.42 Å². The summed E-state index contributed by atoms with van der Waals surface area (Å²) >= 11 is 0. The third kappa shape index (κ3) is 3.53. The van der Waals surface area contributed by atoms with Crippen molar-refractivity contribution in [3.05, 3.63) is 42.2 Å². The molecule has 2 nitrogen and oxygen atoms in total. The minimum absolute atomic E-state index is 0.466. The van der Waals surface area contributed by atoms with Crippen molar-refractivity contribution in [3.8, 4) is 11.3 Å². The fraction of sp³-hybridized carbons (Fsp3) is 0.545. The maximum absolute atomic E-state index is 6.48. The summed E-state index contributed by atoms with van der Waals surface area (Å²) in [4.78, 5) is 2.51. The highest BCUT2D eigenvalue weighted by Crippen LogP contribution is 2.43. The van der Waals surface area contributed by atoms with Crippen molar-refractivity contribution in [2.45, 2.75) is 77.8 Å². The van der Waals surface area contributed by atoms with Crippen LogP contribution in [-0.2, 0) is 0 Å².